The Balaban J connectivity index is 0.000000301. The van der Waals surface area contributed by atoms with Crippen molar-refractivity contribution in [2.24, 2.45) is 5.41 Å². The van der Waals surface area contributed by atoms with Crippen molar-refractivity contribution in [3.05, 3.63) is 77.9 Å². The number of para-hydroxylation sites is 2. The molecule has 1 aliphatic carbocycles. The van der Waals surface area contributed by atoms with Gasteiger partial charge in [0, 0.05) is 25.9 Å². The zero-order valence-electron chi connectivity index (χ0n) is 20.6. The molecule has 0 unspecified atom stereocenters. The van der Waals surface area contributed by atoms with Gasteiger partial charge in [-0.25, -0.2) is 12.7 Å². The fraction of sp³-hybridized carbons (Fsp3) is 0.345. The molecule has 0 radical (unpaired) electrons. The lowest BCUT2D eigenvalue weighted by molar-refractivity contribution is -0.122. The Morgan fingerprint density at radius 2 is 1.53 bits per heavy atom. The summed E-state index contributed by atoms with van der Waals surface area (Å²) >= 11 is 0. The fourth-order valence-electron chi connectivity index (χ4n) is 3.79. The predicted octanol–water partition coefficient (Wildman–Crippen LogP) is 5.88. The maximum atomic E-state index is 12.5. The van der Waals surface area contributed by atoms with Crippen molar-refractivity contribution in [1.82, 2.24) is 4.31 Å². The number of Topliss-reactive ketones (excluding diaryl/α,β-unsaturated/α-hetero) is 1. The SMILES string of the molecule is C.Cc1ccc(-c2cccc(S(=O)(=O)N(C)C)c2)cc1CC(=O)C1(C)CC1.c1ccc2c(c1)OCO2. The molecule has 5 rings (SSSR count). The molecule has 1 fully saturated rings. The molecule has 0 saturated heterocycles. The number of fused-ring (bicyclic) bond motifs is 1. The molecule has 0 amide bonds. The van der Waals surface area contributed by atoms with Crippen LogP contribution in [0.3, 0.4) is 0 Å². The van der Waals surface area contributed by atoms with Gasteiger partial charge in [-0.05, 0) is 66.3 Å². The van der Waals surface area contributed by atoms with Gasteiger partial charge in [0.2, 0.25) is 16.8 Å². The highest BCUT2D eigenvalue weighted by Gasteiger charge is 2.44. The Morgan fingerprint density at radius 1 is 0.917 bits per heavy atom. The number of ether oxygens (including phenoxy) is 2. The van der Waals surface area contributed by atoms with Gasteiger partial charge in [0.1, 0.15) is 5.78 Å². The van der Waals surface area contributed by atoms with Gasteiger partial charge >= 0.3 is 0 Å². The number of carbonyl (C=O) groups excluding carboxylic acids is 1. The van der Waals surface area contributed by atoms with Gasteiger partial charge in [-0.2, -0.15) is 0 Å². The number of benzene rings is 3. The number of hydrogen-bond acceptors (Lipinski definition) is 5. The summed E-state index contributed by atoms with van der Waals surface area (Å²) in [6.07, 6.45) is 2.40. The molecule has 0 N–H and O–H groups in total. The van der Waals surface area contributed by atoms with E-state index in [0.29, 0.717) is 19.0 Å². The highest BCUT2D eigenvalue weighted by Crippen LogP contribution is 2.46. The smallest absolute Gasteiger partial charge is 0.242 e. The minimum Gasteiger partial charge on any atom is -0.454 e. The Kier molecular flexibility index (Phi) is 8.26. The van der Waals surface area contributed by atoms with Gasteiger partial charge in [-0.15, -0.1) is 0 Å². The maximum Gasteiger partial charge on any atom is 0.242 e. The van der Waals surface area contributed by atoms with Crippen LogP contribution in [0.4, 0.5) is 0 Å². The standard InChI is InChI=1S/C21H25NO3S.C7H6O2.CH4/c1-15-8-9-17(12-18(15)14-20(23)21(2)10-11-21)16-6-5-7-19(13-16)26(24,25)22(3)4;1-2-4-7-6(3-1)8-5-9-7;/h5-9,12-13H,10-11,14H2,1-4H3;1-4H,5H2;1H4. The summed E-state index contributed by atoms with van der Waals surface area (Å²) < 4.78 is 36.1. The van der Waals surface area contributed by atoms with Crippen LogP contribution in [0.2, 0.25) is 0 Å². The lowest BCUT2D eigenvalue weighted by Crippen LogP contribution is -2.22. The number of nitrogens with zero attached hydrogens (tertiary/aromatic N) is 1. The molecule has 36 heavy (non-hydrogen) atoms. The minimum atomic E-state index is -3.48. The van der Waals surface area contributed by atoms with Gasteiger partial charge in [-0.1, -0.05) is 56.8 Å². The lowest BCUT2D eigenvalue weighted by Gasteiger charge is -2.14. The van der Waals surface area contributed by atoms with Crippen LogP contribution in [0, 0.1) is 12.3 Å². The van der Waals surface area contributed by atoms with Crippen LogP contribution in [0.15, 0.2) is 71.6 Å². The third-order valence-electron chi connectivity index (χ3n) is 6.60. The average molecular weight is 510 g/mol. The van der Waals surface area contributed by atoms with Crippen LogP contribution in [0.25, 0.3) is 11.1 Å². The zero-order chi connectivity index (χ0) is 25.2. The maximum absolute atomic E-state index is 12.5. The van der Waals surface area contributed by atoms with Crippen LogP contribution in [-0.2, 0) is 21.2 Å². The highest BCUT2D eigenvalue weighted by atomic mass is 32.2. The summed E-state index contributed by atoms with van der Waals surface area (Å²) in [5.74, 6) is 1.98. The Hall–Kier alpha value is -3.16. The van der Waals surface area contributed by atoms with Gasteiger partial charge in [0.25, 0.3) is 0 Å². The minimum absolute atomic E-state index is 0. The first-order chi connectivity index (χ1) is 16.6. The number of rotatable bonds is 6. The van der Waals surface area contributed by atoms with Crippen molar-refractivity contribution in [1.29, 1.82) is 0 Å². The molecule has 1 saturated carbocycles. The van der Waals surface area contributed by atoms with Crippen LogP contribution >= 0.6 is 0 Å². The summed E-state index contributed by atoms with van der Waals surface area (Å²) in [6, 6.07) is 20.6. The van der Waals surface area contributed by atoms with E-state index in [9.17, 15) is 13.2 Å². The molecule has 1 heterocycles. The Labute approximate surface area is 214 Å². The van der Waals surface area contributed by atoms with E-state index in [-0.39, 0.29) is 17.7 Å². The van der Waals surface area contributed by atoms with E-state index in [1.165, 1.54) is 18.4 Å². The molecule has 0 aromatic heterocycles. The third-order valence-corrected chi connectivity index (χ3v) is 8.41. The summed E-state index contributed by atoms with van der Waals surface area (Å²) in [6.45, 7) is 4.40. The molecular weight excluding hydrogens is 474 g/mol. The molecule has 0 atom stereocenters. The highest BCUT2D eigenvalue weighted by molar-refractivity contribution is 7.89. The van der Waals surface area contributed by atoms with Crippen molar-refractivity contribution in [2.75, 3.05) is 20.9 Å². The van der Waals surface area contributed by atoms with E-state index in [2.05, 4.69) is 0 Å². The van der Waals surface area contributed by atoms with E-state index in [1.807, 2.05) is 62.4 Å². The second kappa shape index (κ2) is 10.8. The van der Waals surface area contributed by atoms with Gasteiger partial charge < -0.3 is 9.47 Å². The second-order valence-corrected chi connectivity index (χ2v) is 11.6. The van der Waals surface area contributed by atoms with Gasteiger partial charge in [0.05, 0.1) is 4.90 Å². The van der Waals surface area contributed by atoms with Crippen molar-refractivity contribution in [3.63, 3.8) is 0 Å². The number of ketones is 1. The third kappa shape index (κ3) is 5.97. The quantitative estimate of drug-likeness (QED) is 0.415. The van der Waals surface area contributed by atoms with Gasteiger partial charge in [-0.3, -0.25) is 4.79 Å². The summed E-state index contributed by atoms with van der Waals surface area (Å²) in [5, 5.41) is 0. The molecule has 0 spiro atoms. The first-order valence-corrected chi connectivity index (χ1v) is 13.0. The Morgan fingerprint density at radius 3 is 2.11 bits per heavy atom. The molecule has 0 bridgehead atoms. The molecule has 6 nitrogen and oxygen atoms in total. The summed E-state index contributed by atoms with van der Waals surface area (Å²) in [5.41, 5.74) is 3.72. The van der Waals surface area contributed by atoms with E-state index < -0.39 is 10.0 Å². The van der Waals surface area contributed by atoms with Crippen molar-refractivity contribution in [2.45, 2.75) is 45.4 Å². The largest absolute Gasteiger partial charge is 0.454 e. The van der Waals surface area contributed by atoms with E-state index in [0.717, 1.165) is 46.6 Å². The van der Waals surface area contributed by atoms with E-state index in [4.69, 9.17) is 9.47 Å². The molecule has 1 aliphatic heterocycles. The molecule has 7 heteroatoms. The molecule has 192 valence electrons. The Bertz CT molecular complexity index is 1320. The molecule has 2 aliphatic rings. The first kappa shape index (κ1) is 27.4. The number of hydrogen-bond donors (Lipinski definition) is 0. The van der Waals surface area contributed by atoms with E-state index >= 15 is 0 Å². The molecule has 3 aromatic rings. The number of sulfonamides is 1. The first-order valence-electron chi connectivity index (χ1n) is 11.6. The number of carbonyl (C=O) groups is 1. The van der Waals surface area contributed by atoms with Crippen molar-refractivity contribution >= 4 is 15.8 Å². The van der Waals surface area contributed by atoms with Crippen LogP contribution in [0.1, 0.15) is 38.3 Å². The molecular formula is C29H35NO5S. The fourth-order valence-corrected chi connectivity index (χ4v) is 4.73. The molecule has 3 aromatic carbocycles. The average Bonchev–Trinajstić information content (AvgIpc) is 3.42. The second-order valence-electron chi connectivity index (χ2n) is 9.47. The zero-order valence-corrected chi connectivity index (χ0v) is 21.4. The number of aryl methyl sites for hydroxylation is 1. The van der Waals surface area contributed by atoms with E-state index in [1.54, 1.807) is 18.2 Å². The van der Waals surface area contributed by atoms with Gasteiger partial charge in [0.15, 0.2) is 11.5 Å². The summed E-state index contributed by atoms with van der Waals surface area (Å²) in [4.78, 5) is 12.7. The van der Waals surface area contributed by atoms with Crippen LogP contribution in [0.5, 0.6) is 11.5 Å². The normalized spacial score (nSPS) is 14.9. The van der Waals surface area contributed by atoms with Crippen LogP contribution < -0.4 is 9.47 Å². The topological polar surface area (TPSA) is 72.9 Å². The van der Waals surface area contributed by atoms with Crippen molar-refractivity contribution in [3.8, 4) is 22.6 Å². The predicted molar refractivity (Wildman–Crippen MR) is 143 cm³/mol. The monoisotopic (exact) mass is 509 g/mol. The summed E-state index contributed by atoms with van der Waals surface area (Å²) in [7, 11) is -0.429. The van der Waals surface area contributed by atoms with Crippen molar-refractivity contribution < 1.29 is 22.7 Å². The van der Waals surface area contributed by atoms with Crippen LogP contribution in [-0.4, -0.2) is 39.4 Å². The lowest BCUT2D eigenvalue weighted by atomic mass is 9.92.